The van der Waals surface area contributed by atoms with Crippen molar-refractivity contribution in [1.29, 1.82) is 0 Å². The van der Waals surface area contributed by atoms with Gasteiger partial charge in [0.25, 0.3) is 0 Å². The Kier molecular flexibility index (Phi) is 2.49. The van der Waals surface area contributed by atoms with E-state index < -0.39 is 11.9 Å². The number of aromatic carboxylic acids is 2. The Bertz CT molecular complexity index is 630. The fourth-order valence-electron chi connectivity index (χ4n) is 2.74. The molecule has 1 aromatic carbocycles. The molecule has 106 valence electrons. The summed E-state index contributed by atoms with van der Waals surface area (Å²) in [5, 5.41) is 19.0. The minimum Gasteiger partial charge on any atom is -0.477 e. The Morgan fingerprint density at radius 1 is 0.950 bits per heavy atom. The second kappa shape index (κ2) is 3.80. The topological polar surface area (TPSA) is 74.6 Å². The lowest BCUT2D eigenvalue weighted by Crippen LogP contribution is -2.29. The van der Waals surface area contributed by atoms with Gasteiger partial charge in [-0.2, -0.15) is 0 Å². The van der Waals surface area contributed by atoms with Crippen LogP contribution in [0.15, 0.2) is 12.1 Å². The molecular formula is C14H18N2O4+2. The van der Waals surface area contributed by atoms with Gasteiger partial charge in [0.05, 0.1) is 14.1 Å². The highest BCUT2D eigenvalue weighted by Crippen LogP contribution is 2.44. The van der Waals surface area contributed by atoms with E-state index in [1.165, 1.54) is 0 Å². The summed E-state index contributed by atoms with van der Waals surface area (Å²) >= 11 is 0. The number of carboxylic acids is 2. The largest absolute Gasteiger partial charge is 0.477 e. The van der Waals surface area contributed by atoms with Crippen molar-refractivity contribution < 1.29 is 19.8 Å². The zero-order valence-electron chi connectivity index (χ0n) is 11.6. The number of hydrogen-bond donors (Lipinski definition) is 2. The lowest BCUT2D eigenvalue weighted by atomic mass is 10.0. The van der Waals surface area contributed by atoms with Crippen LogP contribution >= 0.6 is 0 Å². The Hall–Kier alpha value is -1.92. The Morgan fingerprint density at radius 3 is 1.90 bits per heavy atom. The molecular weight excluding hydrogens is 260 g/mol. The standard InChI is InChI=1S/C14H16N2O4/c1-15(5-6-15)10-4-3-9(13(17)18)12(11(10)14(19)20)16(2)7-8-16/h3-4H,5-8H2,1-2H3/p+2. The quantitative estimate of drug-likeness (QED) is 0.636. The van der Waals surface area contributed by atoms with E-state index in [-0.39, 0.29) is 11.1 Å². The molecule has 0 atom stereocenters. The van der Waals surface area contributed by atoms with E-state index in [1.807, 2.05) is 14.1 Å². The fraction of sp³-hybridized carbons (Fsp3) is 0.429. The molecule has 2 aliphatic rings. The minimum atomic E-state index is -1.06. The molecule has 6 nitrogen and oxygen atoms in total. The van der Waals surface area contributed by atoms with Gasteiger partial charge in [0.2, 0.25) is 0 Å². The molecule has 2 N–H and O–H groups in total. The predicted molar refractivity (Wildman–Crippen MR) is 75.3 cm³/mol. The summed E-state index contributed by atoms with van der Waals surface area (Å²) in [7, 11) is 3.87. The molecule has 2 saturated heterocycles. The SMILES string of the molecule is C[N+]1(c2ccc(C(=O)O)c([N+]3(C)CC3)c2C(=O)O)CC1. The molecule has 3 rings (SSSR count). The maximum Gasteiger partial charge on any atom is 0.348 e. The molecule has 20 heavy (non-hydrogen) atoms. The molecule has 0 bridgehead atoms. The van der Waals surface area contributed by atoms with E-state index in [1.54, 1.807) is 12.1 Å². The molecule has 0 spiro atoms. The molecule has 0 radical (unpaired) electrons. The first-order valence-electron chi connectivity index (χ1n) is 6.62. The van der Waals surface area contributed by atoms with E-state index in [4.69, 9.17) is 0 Å². The summed E-state index contributed by atoms with van der Waals surface area (Å²) in [5.74, 6) is -2.09. The predicted octanol–water partition coefficient (Wildman–Crippen LogP) is 0.984. The molecule has 0 unspecified atom stereocenters. The van der Waals surface area contributed by atoms with Crippen molar-refractivity contribution in [3.8, 4) is 0 Å². The fourth-order valence-corrected chi connectivity index (χ4v) is 2.74. The molecule has 2 heterocycles. The zero-order chi connectivity index (χ0) is 14.7. The lowest BCUT2D eigenvalue weighted by molar-refractivity contribution is 0.0695. The summed E-state index contributed by atoms with van der Waals surface area (Å²) in [6, 6.07) is 3.22. The Morgan fingerprint density at radius 2 is 1.50 bits per heavy atom. The number of benzene rings is 1. The van der Waals surface area contributed by atoms with Crippen molar-refractivity contribution in [2.75, 3.05) is 40.3 Å². The maximum absolute atomic E-state index is 11.8. The van der Waals surface area contributed by atoms with Gasteiger partial charge in [-0.1, -0.05) is 0 Å². The van der Waals surface area contributed by atoms with Crippen molar-refractivity contribution >= 4 is 23.3 Å². The van der Waals surface area contributed by atoms with Crippen molar-refractivity contribution in [2.45, 2.75) is 0 Å². The minimum absolute atomic E-state index is 0.111. The summed E-state index contributed by atoms with van der Waals surface area (Å²) in [5.41, 5.74) is 1.47. The van der Waals surface area contributed by atoms with Crippen LogP contribution in [-0.2, 0) is 0 Å². The number of carboxylic acid groups (broad SMARTS) is 2. The van der Waals surface area contributed by atoms with Crippen molar-refractivity contribution in [2.24, 2.45) is 0 Å². The van der Waals surface area contributed by atoms with Gasteiger partial charge in [-0.05, 0) is 6.07 Å². The van der Waals surface area contributed by atoms with Crippen molar-refractivity contribution in [3.05, 3.63) is 23.3 Å². The smallest absolute Gasteiger partial charge is 0.348 e. The molecule has 0 aromatic heterocycles. The lowest BCUT2D eigenvalue weighted by Gasteiger charge is -2.21. The average Bonchev–Trinajstić information content (AvgIpc) is 3.28. The van der Waals surface area contributed by atoms with Crippen LogP contribution in [0.4, 0.5) is 11.4 Å². The van der Waals surface area contributed by atoms with Gasteiger partial charge in [-0.3, -0.25) is 8.97 Å². The van der Waals surface area contributed by atoms with E-state index in [0.29, 0.717) is 14.7 Å². The van der Waals surface area contributed by atoms with Crippen LogP contribution in [0, 0.1) is 0 Å². The molecule has 0 amide bonds. The number of carbonyl (C=O) groups is 2. The highest BCUT2D eigenvalue weighted by atomic mass is 16.4. The van der Waals surface area contributed by atoms with Crippen LogP contribution < -0.4 is 8.97 Å². The summed E-state index contributed by atoms with van der Waals surface area (Å²) in [4.78, 5) is 23.2. The highest BCUT2D eigenvalue weighted by molar-refractivity contribution is 6.07. The molecule has 0 aliphatic carbocycles. The summed E-state index contributed by atoms with van der Waals surface area (Å²) in [6.07, 6.45) is 0. The number of nitrogens with zero attached hydrogens (tertiary/aromatic N) is 2. The third-order valence-corrected chi connectivity index (χ3v) is 4.51. The first-order valence-corrected chi connectivity index (χ1v) is 6.62. The average molecular weight is 278 g/mol. The molecule has 0 saturated carbocycles. The van der Waals surface area contributed by atoms with Crippen LogP contribution in [0.3, 0.4) is 0 Å². The van der Waals surface area contributed by atoms with Crippen LogP contribution in [0.1, 0.15) is 20.7 Å². The first kappa shape index (κ1) is 13.1. The third-order valence-electron chi connectivity index (χ3n) is 4.51. The zero-order valence-corrected chi connectivity index (χ0v) is 11.6. The van der Waals surface area contributed by atoms with Crippen LogP contribution in [0.5, 0.6) is 0 Å². The van der Waals surface area contributed by atoms with Crippen LogP contribution in [0.25, 0.3) is 0 Å². The Balaban J connectivity index is 2.31. The summed E-state index contributed by atoms with van der Waals surface area (Å²) < 4.78 is 0.978. The van der Waals surface area contributed by atoms with Gasteiger partial charge in [0, 0.05) is 6.07 Å². The van der Waals surface area contributed by atoms with Gasteiger partial charge in [-0.15, -0.1) is 0 Å². The number of hydrogen-bond acceptors (Lipinski definition) is 2. The van der Waals surface area contributed by atoms with Gasteiger partial charge in [-0.25, -0.2) is 9.59 Å². The van der Waals surface area contributed by atoms with Gasteiger partial charge in [0.1, 0.15) is 31.7 Å². The van der Waals surface area contributed by atoms with E-state index >= 15 is 0 Å². The first-order chi connectivity index (χ1) is 9.28. The molecule has 2 aliphatic heterocycles. The second-order valence-corrected chi connectivity index (χ2v) is 6.15. The highest BCUT2D eigenvalue weighted by Gasteiger charge is 2.51. The van der Waals surface area contributed by atoms with Gasteiger partial charge >= 0.3 is 11.9 Å². The second-order valence-electron chi connectivity index (χ2n) is 6.15. The molecule has 6 heteroatoms. The van der Waals surface area contributed by atoms with Crippen molar-refractivity contribution in [3.63, 3.8) is 0 Å². The Labute approximate surface area is 116 Å². The van der Waals surface area contributed by atoms with Crippen molar-refractivity contribution in [1.82, 2.24) is 8.97 Å². The van der Waals surface area contributed by atoms with E-state index in [9.17, 15) is 19.8 Å². The van der Waals surface area contributed by atoms with Crippen LogP contribution in [-0.4, -0.2) is 62.4 Å². The number of likely N-dealkylation sites (N-methyl/N-ethyl adjacent to an activating group) is 2. The maximum atomic E-state index is 11.8. The third kappa shape index (κ3) is 1.80. The molecule has 2 fully saturated rings. The number of quaternary nitrogens is 2. The van der Waals surface area contributed by atoms with E-state index in [2.05, 4.69) is 0 Å². The monoisotopic (exact) mass is 278 g/mol. The van der Waals surface area contributed by atoms with Crippen LogP contribution in [0.2, 0.25) is 0 Å². The number of rotatable bonds is 4. The summed E-state index contributed by atoms with van der Waals surface area (Å²) in [6.45, 7) is 3.37. The van der Waals surface area contributed by atoms with Gasteiger partial charge < -0.3 is 10.2 Å². The molecule has 1 aromatic rings. The van der Waals surface area contributed by atoms with Gasteiger partial charge in [0.15, 0.2) is 16.9 Å². The van der Waals surface area contributed by atoms with E-state index in [0.717, 1.165) is 31.9 Å². The normalized spacial score (nSPS) is 21.3.